The molecule has 0 spiro atoms. The van der Waals surface area contributed by atoms with Crippen molar-refractivity contribution in [3.8, 4) is 0 Å². The molecule has 0 bridgehead atoms. The fourth-order valence-corrected chi connectivity index (χ4v) is 2.51. The average Bonchev–Trinajstić information content (AvgIpc) is 2.54. The molecule has 23 heavy (non-hydrogen) atoms. The van der Waals surface area contributed by atoms with Crippen molar-refractivity contribution in [2.45, 2.75) is 38.6 Å². The number of aryl methyl sites for hydroxylation is 1. The van der Waals surface area contributed by atoms with Crippen molar-refractivity contribution in [1.82, 2.24) is 5.32 Å². The van der Waals surface area contributed by atoms with Crippen LogP contribution >= 0.6 is 0 Å². The van der Waals surface area contributed by atoms with Crippen LogP contribution in [-0.2, 0) is 16.6 Å². The maximum atomic E-state index is 12.2. The lowest BCUT2D eigenvalue weighted by Crippen LogP contribution is -2.46. The molecular weight excluding hydrogens is 284 g/mol. The first-order valence-corrected chi connectivity index (χ1v) is 8.03. The molecule has 2 rings (SSSR count). The molecule has 0 saturated heterocycles. The molecule has 3 N–H and O–H groups in total. The third-order valence-corrected chi connectivity index (χ3v) is 4.17. The molecular formula is C20H26N2O. The van der Waals surface area contributed by atoms with E-state index in [0.29, 0.717) is 13.0 Å². The first-order valence-electron chi connectivity index (χ1n) is 8.03. The second-order valence-electron chi connectivity index (χ2n) is 6.76. The van der Waals surface area contributed by atoms with E-state index < -0.39 is 6.04 Å². The van der Waals surface area contributed by atoms with Crippen molar-refractivity contribution in [3.05, 3.63) is 71.3 Å². The van der Waals surface area contributed by atoms with E-state index in [-0.39, 0.29) is 11.3 Å². The van der Waals surface area contributed by atoms with E-state index in [1.165, 1.54) is 11.1 Å². The molecule has 0 radical (unpaired) electrons. The highest BCUT2D eigenvalue weighted by Crippen LogP contribution is 2.22. The highest BCUT2D eigenvalue weighted by atomic mass is 16.2. The van der Waals surface area contributed by atoms with Gasteiger partial charge >= 0.3 is 0 Å². The summed E-state index contributed by atoms with van der Waals surface area (Å²) in [5.41, 5.74) is 9.42. The molecule has 0 aliphatic rings. The molecule has 1 atom stereocenters. The Bertz CT molecular complexity index is 632. The Morgan fingerprint density at radius 2 is 1.70 bits per heavy atom. The average molecular weight is 310 g/mol. The van der Waals surface area contributed by atoms with Crippen molar-refractivity contribution in [2.75, 3.05) is 6.54 Å². The van der Waals surface area contributed by atoms with E-state index in [4.69, 9.17) is 5.73 Å². The maximum absolute atomic E-state index is 12.2. The van der Waals surface area contributed by atoms with Crippen LogP contribution in [0, 0.1) is 6.92 Å². The van der Waals surface area contributed by atoms with E-state index in [2.05, 4.69) is 50.4 Å². The van der Waals surface area contributed by atoms with Gasteiger partial charge in [0.1, 0.15) is 0 Å². The van der Waals surface area contributed by atoms with Crippen molar-refractivity contribution in [1.29, 1.82) is 0 Å². The minimum Gasteiger partial charge on any atom is -0.354 e. The number of hydrogen-bond acceptors (Lipinski definition) is 2. The molecule has 0 aromatic heterocycles. The molecule has 3 nitrogen and oxygen atoms in total. The van der Waals surface area contributed by atoms with Crippen molar-refractivity contribution in [2.24, 2.45) is 5.73 Å². The third-order valence-electron chi connectivity index (χ3n) is 4.17. The van der Waals surface area contributed by atoms with Crippen LogP contribution in [0.25, 0.3) is 0 Å². The first-order chi connectivity index (χ1) is 10.9. The molecule has 2 aromatic carbocycles. The van der Waals surface area contributed by atoms with Gasteiger partial charge < -0.3 is 11.1 Å². The standard InChI is InChI=1S/C20H26N2O/c1-15-9-11-17(12-10-15)20(2,3)14-22-19(23)18(21)13-16-7-5-4-6-8-16/h4-12,18H,13-14,21H2,1-3H3,(H,22,23)/t18-/m0/s1. The summed E-state index contributed by atoms with van der Waals surface area (Å²) < 4.78 is 0. The van der Waals surface area contributed by atoms with Gasteiger partial charge in [0.05, 0.1) is 6.04 Å². The Hall–Kier alpha value is -2.13. The second kappa shape index (κ2) is 7.42. The second-order valence-corrected chi connectivity index (χ2v) is 6.76. The van der Waals surface area contributed by atoms with Gasteiger partial charge in [-0.25, -0.2) is 0 Å². The molecule has 1 amide bonds. The van der Waals surface area contributed by atoms with E-state index in [1.807, 2.05) is 30.3 Å². The van der Waals surface area contributed by atoms with E-state index in [9.17, 15) is 4.79 Å². The lowest BCUT2D eigenvalue weighted by Gasteiger charge is -2.26. The molecule has 0 saturated carbocycles. The molecule has 3 heteroatoms. The number of nitrogens with two attached hydrogens (primary N) is 1. The van der Waals surface area contributed by atoms with Gasteiger partial charge in [0.25, 0.3) is 0 Å². The quantitative estimate of drug-likeness (QED) is 0.862. The van der Waals surface area contributed by atoms with Crippen LogP contribution in [0.4, 0.5) is 0 Å². The van der Waals surface area contributed by atoms with Gasteiger partial charge in [-0.15, -0.1) is 0 Å². The van der Waals surface area contributed by atoms with Crippen LogP contribution in [0.1, 0.15) is 30.5 Å². The summed E-state index contributed by atoms with van der Waals surface area (Å²) in [6.45, 7) is 6.89. The van der Waals surface area contributed by atoms with Crippen molar-refractivity contribution < 1.29 is 4.79 Å². The fourth-order valence-electron chi connectivity index (χ4n) is 2.51. The predicted octanol–water partition coefficient (Wildman–Crippen LogP) is 2.96. The maximum Gasteiger partial charge on any atom is 0.237 e. The zero-order valence-electron chi connectivity index (χ0n) is 14.2. The number of nitrogens with one attached hydrogen (secondary N) is 1. The third kappa shape index (κ3) is 4.93. The van der Waals surface area contributed by atoms with Crippen LogP contribution in [0.15, 0.2) is 54.6 Å². The van der Waals surface area contributed by atoms with Crippen LogP contribution in [0.3, 0.4) is 0 Å². The summed E-state index contributed by atoms with van der Waals surface area (Å²) >= 11 is 0. The van der Waals surface area contributed by atoms with Gasteiger partial charge in [-0.2, -0.15) is 0 Å². The first kappa shape index (κ1) is 17.2. The van der Waals surface area contributed by atoms with Gasteiger partial charge in [-0.3, -0.25) is 4.79 Å². The van der Waals surface area contributed by atoms with Gasteiger partial charge in [0, 0.05) is 12.0 Å². The topological polar surface area (TPSA) is 55.1 Å². The van der Waals surface area contributed by atoms with E-state index in [0.717, 1.165) is 5.56 Å². The zero-order chi connectivity index (χ0) is 16.9. The summed E-state index contributed by atoms with van der Waals surface area (Å²) in [6, 6.07) is 17.8. The summed E-state index contributed by atoms with van der Waals surface area (Å²) in [7, 11) is 0. The number of benzene rings is 2. The lowest BCUT2D eigenvalue weighted by molar-refractivity contribution is -0.122. The van der Waals surface area contributed by atoms with Gasteiger partial charge in [-0.05, 0) is 24.5 Å². The minimum atomic E-state index is -0.522. The summed E-state index contributed by atoms with van der Waals surface area (Å²) in [6.07, 6.45) is 0.553. The van der Waals surface area contributed by atoms with Gasteiger partial charge in [-0.1, -0.05) is 74.0 Å². The molecule has 0 unspecified atom stereocenters. The lowest BCUT2D eigenvalue weighted by atomic mass is 9.84. The fraction of sp³-hybridized carbons (Fsp3) is 0.350. The Kier molecular flexibility index (Phi) is 5.56. The van der Waals surface area contributed by atoms with Gasteiger partial charge in [0.2, 0.25) is 5.91 Å². The highest BCUT2D eigenvalue weighted by Gasteiger charge is 2.23. The van der Waals surface area contributed by atoms with Crippen molar-refractivity contribution >= 4 is 5.91 Å². The molecule has 0 aliphatic heterocycles. The molecule has 0 fully saturated rings. The molecule has 2 aromatic rings. The Morgan fingerprint density at radius 1 is 1.09 bits per heavy atom. The Morgan fingerprint density at radius 3 is 2.30 bits per heavy atom. The SMILES string of the molecule is Cc1ccc(C(C)(C)CNC(=O)[C@@H](N)Cc2ccccc2)cc1. The Balaban J connectivity index is 1.91. The number of hydrogen-bond donors (Lipinski definition) is 2. The number of carbonyl (C=O) groups is 1. The summed E-state index contributed by atoms with van der Waals surface area (Å²) in [5.74, 6) is -0.103. The number of rotatable bonds is 6. The minimum absolute atomic E-state index is 0.103. The summed E-state index contributed by atoms with van der Waals surface area (Å²) in [4.78, 5) is 12.2. The van der Waals surface area contributed by atoms with Crippen LogP contribution in [0.5, 0.6) is 0 Å². The number of amides is 1. The normalized spacial score (nSPS) is 12.7. The van der Waals surface area contributed by atoms with Gasteiger partial charge in [0.15, 0.2) is 0 Å². The molecule has 122 valence electrons. The largest absolute Gasteiger partial charge is 0.354 e. The van der Waals surface area contributed by atoms with E-state index in [1.54, 1.807) is 0 Å². The van der Waals surface area contributed by atoms with Crippen LogP contribution < -0.4 is 11.1 Å². The number of carbonyl (C=O) groups excluding carboxylic acids is 1. The predicted molar refractivity (Wildman–Crippen MR) is 95.3 cm³/mol. The molecule has 0 heterocycles. The van der Waals surface area contributed by atoms with Crippen molar-refractivity contribution in [3.63, 3.8) is 0 Å². The van der Waals surface area contributed by atoms with E-state index >= 15 is 0 Å². The zero-order valence-corrected chi connectivity index (χ0v) is 14.2. The smallest absolute Gasteiger partial charge is 0.237 e. The Labute approximate surface area is 138 Å². The highest BCUT2D eigenvalue weighted by molar-refractivity contribution is 5.81. The monoisotopic (exact) mass is 310 g/mol. The summed E-state index contributed by atoms with van der Waals surface area (Å²) in [5, 5.41) is 2.99. The van der Waals surface area contributed by atoms with Crippen LogP contribution in [0.2, 0.25) is 0 Å². The van der Waals surface area contributed by atoms with Crippen LogP contribution in [-0.4, -0.2) is 18.5 Å². The molecule has 0 aliphatic carbocycles.